The predicted molar refractivity (Wildman–Crippen MR) is 207 cm³/mol. The average Bonchev–Trinajstić information content (AvgIpc) is 3.56. The minimum Gasteiger partial charge on any atom is -0.478 e. The summed E-state index contributed by atoms with van der Waals surface area (Å²) in [5.74, 6) is 2.87. The van der Waals surface area contributed by atoms with Gasteiger partial charge in [0.05, 0.1) is 10.5 Å². The lowest BCUT2D eigenvalue weighted by Gasteiger charge is -2.68. The molecule has 4 unspecified atom stereocenters. The summed E-state index contributed by atoms with van der Waals surface area (Å²) in [7, 11) is -3.42. The second kappa shape index (κ2) is 13.3. The third kappa shape index (κ3) is 5.84. The van der Waals surface area contributed by atoms with Crippen molar-refractivity contribution in [3.8, 4) is 0 Å². The molecule has 5 fully saturated rings. The molecule has 0 radical (unpaired) electrons. The molecule has 0 spiro atoms. The molecular formula is C44H61N3O4S. The maximum atomic E-state index is 13.2. The van der Waals surface area contributed by atoms with Crippen LogP contribution in [0.1, 0.15) is 108 Å². The Morgan fingerprint density at radius 1 is 0.808 bits per heavy atom. The number of allylic oxidation sites excluding steroid dienone is 2. The number of sulfonamides is 1. The first-order chi connectivity index (χ1) is 24.8. The second-order valence-corrected chi connectivity index (χ2v) is 20.5. The topological polar surface area (TPSA) is 89.9 Å². The number of carboxylic acids is 1. The van der Waals surface area contributed by atoms with Crippen LogP contribution >= 0.6 is 0 Å². The van der Waals surface area contributed by atoms with Gasteiger partial charge in [0.1, 0.15) is 0 Å². The first-order valence-electron chi connectivity index (χ1n) is 20.4. The highest BCUT2D eigenvalue weighted by atomic mass is 32.2. The van der Waals surface area contributed by atoms with Gasteiger partial charge in [0.2, 0.25) is 10.0 Å². The van der Waals surface area contributed by atoms with Gasteiger partial charge in [0, 0.05) is 44.8 Å². The van der Waals surface area contributed by atoms with E-state index in [0.717, 1.165) is 56.3 Å². The quantitative estimate of drug-likeness (QED) is 0.285. The van der Waals surface area contributed by atoms with Crippen LogP contribution in [0.5, 0.6) is 0 Å². The number of carboxylic acid groups (broad SMARTS) is 1. The largest absolute Gasteiger partial charge is 0.478 e. The van der Waals surface area contributed by atoms with Crippen LogP contribution in [0.25, 0.3) is 5.57 Å². The van der Waals surface area contributed by atoms with E-state index in [1.807, 2.05) is 18.2 Å². The summed E-state index contributed by atoms with van der Waals surface area (Å²) in [6.07, 6.45) is 15.6. The van der Waals surface area contributed by atoms with E-state index >= 15 is 0 Å². The number of hydrogen-bond acceptors (Lipinski definition) is 5. The van der Waals surface area contributed by atoms with Crippen LogP contribution in [0.4, 0.5) is 0 Å². The minimum absolute atomic E-state index is 0.0375. The number of nitrogens with one attached hydrogen (secondary N) is 1. The normalized spacial score (nSPS) is 37.6. The van der Waals surface area contributed by atoms with Crippen LogP contribution in [-0.4, -0.2) is 73.5 Å². The molecule has 282 valence electrons. The molecule has 1 saturated heterocycles. The van der Waals surface area contributed by atoms with Gasteiger partial charge in [-0.05, 0) is 139 Å². The van der Waals surface area contributed by atoms with Crippen molar-refractivity contribution in [1.29, 1.82) is 0 Å². The summed E-state index contributed by atoms with van der Waals surface area (Å²) in [5, 5.41) is 13.7. The molecule has 52 heavy (non-hydrogen) atoms. The molecule has 8 atom stereocenters. The lowest BCUT2D eigenvalue weighted by molar-refractivity contribution is -0.172. The van der Waals surface area contributed by atoms with Crippen LogP contribution in [-0.2, 0) is 10.0 Å². The Morgan fingerprint density at radius 2 is 1.54 bits per heavy atom. The number of aromatic carboxylic acids is 1. The third-order valence-corrected chi connectivity index (χ3v) is 18.1. The van der Waals surface area contributed by atoms with Gasteiger partial charge in [-0.25, -0.2) is 13.2 Å². The highest BCUT2D eigenvalue weighted by Crippen LogP contribution is 2.72. The maximum Gasteiger partial charge on any atom is 0.335 e. The van der Waals surface area contributed by atoms with Crippen LogP contribution in [0, 0.1) is 45.8 Å². The number of piperazine rings is 1. The monoisotopic (exact) mass is 727 g/mol. The molecule has 0 bridgehead atoms. The summed E-state index contributed by atoms with van der Waals surface area (Å²) in [6, 6.07) is 16.5. The zero-order chi connectivity index (χ0) is 36.5. The molecule has 2 N–H and O–H groups in total. The molecule has 1 heterocycles. The van der Waals surface area contributed by atoms with E-state index in [1.54, 1.807) is 40.7 Å². The van der Waals surface area contributed by atoms with Gasteiger partial charge in [-0.1, -0.05) is 70.5 Å². The van der Waals surface area contributed by atoms with E-state index < -0.39 is 16.0 Å². The highest BCUT2D eigenvalue weighted by molar-refractivity contribution is 7.89. The predicted octanol–water partition coefficient (Wildman–Crippen LogP) is 8.19. The van der Waals surface area contributed by atoms with Crippen molar-refractivity contribution in [3.05, 3.63) is 71.8 Å². The Morgan fingerprint density at radius 3 is 2.25 bits per heavy atom. The van der Waals surface area contributed by atoms with E-state index in [0.29, 0.717) is 34.9 Å². The smallest absolute Gasteiger partial charge is 0.335 e. The summed E-state index contributed by atoms with van der Waals surface area (Å²) >= 11 is 0. The van der Waals surface area contributed by atoms with Gasteiger partial charge in [0.25, 0.3) is 0 Å². The molecule has 6 aliphatic rings. The van der Waals surface area contributed by atoms with Crippen molar-refractivity contribution in [2.45, 2.75) is 102 Å². The van der Waals surface area contributed by atoms with Gasteiger partial charge in [-0.15, -0.1) is 0 Å². The van der Waals surface area contributed by atoms with Crippen LogP contribution in [0.3, 0.4) is 0 Å². The molecule has 1 aliphatic heterocycles. The average molecular weight is 728 g/mol. The zero-order valence-electron chi connectivity index (χ0n) is 31.9. The summed E-state index contributed by atoms with van der Waals surface area (Å²) in [5.41, 5.74) is 3.91. The van der Waals surface area contributed by atoms with Crippen molar-refractivity contribution in [2.75, 3.05) is 39.3 Å². The summed E-state index contributed by atoms with van der Waals surface area (Å²) < 4.78 is 28.0. The van der Waals surface area contributed by atoms with Crippen molar-refractivity contribution < 1.29 is 18.3 Å². The lowest BCUT2D eigenvalue weighted by atomic mass is 9.37. The number of carbonyl (C=O) groups is 1. The first-order valence-corrected chi connectivity index (χ1v) is 21.8. The van der Waals surface area contributed by atoms with E-state index in [-0.39, 0.29) is 16.4 Å². The summed E-state index contributed by atoms with van der Waals surface area (Å²) in [6.45, 7) is 14.9. The Labute approximate surface area is 312 Å². The maximum absolute atomic E-state index is 13.2. The number of hydrogen-bond donors (Lipinski definition) is 2. The standard InChI is InChI=1S/C44H61N3O4S/c1-41(2)35(31-12-14-32(15-13-31)40(48)49)18-22-43(4)38(41)20-23-42(3)36-19-24-44(21-8-11-37(44)34(36)16-17-39(42)43)45-25-26-46-27-29-47(30-28-46)52(50,51)33-9-6-5-7-10-33/h5-7,9-10,12-15,18,34,36-39,45H,8,11,16-17,19-30H2,1-4H3,(H,48,49)/t34-,36?,37?,38?,39?,42-,43-,44-/m0/s1. The lowest BCUT2D eigenvalue weighted by Crippen LogP contribution is -2.64. The molecule has 5 aliphatic carbocycles. The SMILES string of the molecule is CC1(C)C(c2ccc(C(=O)O)cc2)=CC[C@@]2(C)C1CC[C@@]1(C)C3CC[C@@]4(NCCN5CCN(S(=O)(=O)c6ccccc6)CC5)CCCC4[C@H]3CCC12. The number of benzene rings is 2. The number of rotatable bonds is 8. The van der Waals surface area contributed by atoms with Crippen LogP contribution in [0.2, 0.25) is 0 Å². The van der Waals surface area contributed by atoms with Crippen molar-refractivity contribution in [2.24, 2.45) is 45.8 Å². The van der Waals surface area contributed by atoms with E-state index in [9.17, 15) is 18.3 Å². The number of nitrogens with zero attached hydrogens (tertiary/aromatic N) is 2. The Balaban J connectivity index is 0.919. The Bertz CT molecular complexity index is 1780. The molecule has 7 nitrogen and oxygen atoms in total. The molecule has 4 saturated carbocycles. The Kier molecular flexibility index (Phi) is 9.36. The van der Waals surface area contributed by atoms with Crippen LogP contribution in [0.15, 0.2) is 65.6 Å². The summed E-state index contributed by atoms with van der Waals surface area (Å²) in [4.78, 5) is 14.4. The molecule has 8 heteroatoms. The number of fused-ring (bicyclic) bond motifs is 7. The Hall–Kier alpha value is -2.52. The van der Waals surface area contributed by atoms with Crippen molar-refractivity contribution >= 4 is 21.6 Å². The fourth-order valence-electron chi connectivity index (χ4n) is 13.8. The highest BCUT2D eigenvalue weighted by Gasteiger charge is 2.65. The van der Waals surface area contributed by atoms with Crippen LogP contribution < -0.4 is 5.32 Å². The van der Waals surface area contributed by atoms with E-state index in [4.69, 9.17) is 0 Å². The van der Waals surface area contributed by atoms with Gasteiger partial charge in [-0.2, -0.15) is 4.31 Å². The first kappa shape index (κ1) is 36.5. The van der Waals surface area contributed by atoms with E-state index in [2.05, 4.69) is 44.0 Å². The van der Waals surface area contributed by atoms with Crippen molar-refractivity contribution in [3.63, 3.8) is 0 Å². The molecule has 0 aromatic heterocycles. The van der Waals surface area contributed by atoms with E-state index in [1.165, 1.54) is 68.9 Å². The molecule has 2 aromatic carbocycles. The molecule has 0 amide bonds. The second-order valence-electron chi connectivity index (χ2n) is 18.6. The zero-order valence-corrected chi connectivity index (χ0v) is 32.8. The van der Waals surface area contributed by atoms with Gasteiger partial charge in [-0.3, -0.25) is 4.90 Å². The fourth-order valence-corrected chi connectivity index (χ4v) is 15.3. The third-order valence-electron chi connectivity index (χ3n) is 16.1. The van der Waals surface area contributed by atoms with Gasteiger partial charge >= 0.3 is 5.97 Å². The molecule has 2 aromatic rings. The van der Waals surface area contributed by atoms with Gasteiger partial charge < -0.3 is 10.4 Å². The molecule has 8 rings (SSSR count). The van der Waals surface area contributed by atoms with Gasteiger partial charge in [0.15, 0.2) is 0 Å². The fraction of sp³-hybridized carbons (Fsp3) is 0.659. The minimum atomic E-state index is -3.42. The molecular weight excluding hydrogens is 667 g/mol. The van der Waals surface area contributed by atoms with Crippen molar-refractivity contribution in [1.82, 2.24) is 14.5 Å².